The van der Waals surface area contributed by atoms with E-state index in [1.54, 1.807) is 23.7 Å². The SMILES string of the molecule is CC(C)CN1C(=O)c2ccccc2[C@@H](C(=O)NCc2cccnc2)[C@H]1c1cccs1. The molecular weight excluding hydrogens is 394 g/mol. The van der Waals surface area contributed by atoms with E-state index in [1.807, 2.05) is 58.8 Å². The molecule has 0 saturated heterocycles. The summed E-state index contributed by atoms with van der Waals surface area (Å²) < 4.78 is 0. The van der Waals surface area contributed by atoms with Crippen LogP contribution in [0.5, 0.6) is 0 Å². The van der Waals surface area contributed by atoms with Gasteiger partial charge >= 0.3 is 0 Å². The Morgan fingerprint density at radius 2 is 2.00 bits per heavy atom. The molecule has 0 radical (unpaired) electrons. The van der Waals surface area contributed by atoms with E-state index in [1.165, 1.54) is 0 Å². The number of hydrogen-bond donors (Lipinski definition) is 1. The Labute approximate surface area is 180 Å². The Hall–Kier alpha value is -2.99. The lowest BCUT2D eigenvalue weighted by Gasteiger charge is -2.42. The number of nitrogens with one attached hydrogen (secondary N) is 1. The number of benzene rings is 1. The lowest BCUT2D eigenvalue weighted by Crippen LogP contribution is -2.48. The fraction of sp³-hybridized carbons (Fsp3) is 0.292. The number of rotatable bonds is 6. The molecule has 30 heavy (non-hydrogen) atoms. The highest BCUT2D eigenvalue weighted by Gasteiger charge is 2.44. The van der Waals surface area contributed by atoms with Crippen LogP contribution in [0.2, 0.25) is 0 Å². The molecule has 154 valence electrons. The number of pyridine rings is 1. The minimum absolute atomic E-state index is 0.00555. The second-order valence-electron chi connectivity index (χ2n) is 7.96. The summed E-state index contributed by atoms with van der Waals surface area (Å²) in [7, 11) is 0. The molecule has 5 nitrogen and oxygen atoms in total. The Kier molecular flexibility index (Phi) is 5.95. The van der Waals surface area contributed by atoms with E-state index in [9.17, 15) is 9.59 Å². The number of amides is 2. The van der Waals surface area contributed by atoms with Gasteiger partial charge in [0, 0.05) is 35.9 Å². The molecule has 3 aromatic rings. The topological polar surface area (TPSA) is 62.3 Å². The molecule has 0 unspecified atom stereocenters. The first-order chi connectivity index (χ1) is 14.6. The lowest BCUT2D eigenvalue weighted by atomic mass is 9.81. The van der Waals surface area contributed by atoms with Crippen molar-refractivity contribution in [3.63, 3.8) is 0 Å². The third kappa shape index (κ3) is 4.00. The molecule has 2 atom stereocenters. The summed E-state index contributed by atoms with van der Waals surface area (Å²) in [5, 5.41) is 5.08. The fourth-order valence-electron chi connectivity index (χ4n) is 4.05. The van der Waals surface area contributed by atoms with Crippen molar-refractivity contribution in [2.24, 2.45) is 5.92 Å². The van der Waals surface area contributed by atoms with Crippen molar-refractivity contribution in [1.82, 2.24) is 15.2 Å². The van der Waals surface area contributed by atoms with Crippen LogP contribution in [0.4, 0.5) is 0 Å². The Morgan fingerprint density at radius 3 is 2.70 bits per heavy atom. The highest BCUT2D eigenvalue weighted by atomic mass is 32.1. The number of hydrogen-bond acceptors (Lipinski definition) is 4. The van der Waals surface area contributed by atoms with Crippen LogP contribution in [-0.2, 0) is 11.3 Å². The van der Waals surface area contributed by atoms with Gasteiger partial charge in [0.2, 0.25) is 5.91 Å². The van der Waals surface area contributed by atoms with Crippen molar-refractivity contribution in [3.8, 4) is 0 Å². The third-order valence-corrected chi connectivity index (χ3v) is 6.25. The zero-order valence-electron chi connectivity index (χ0n) is 17.1. The van der Waals surface area contributed by atoms with Crippen LogP contribution in [0.1, 0.15) is 52.2 Å². The molecule has 0 saturated carbocycles. The smallest absolute Gasteiger partial charge is 0.254 e. The van der Waals surface area contributed by atoms with E-state index in [-0.39, 0.29) is 17.9 Å². The Morgan fingerprint density at radius 1 is 1.17 bits per heavy atom. The van der Waals surface area contributed by atoms with Crippen LogP contribution >= 0.6 is 11.3 Å². The molecule has 0 fully saturated rings. The summed E-state index contributed by atoms with van der Waals surface area (Å²) in [6.07, 6.45) is 3.46. The van der Waals surface area contributed by atoms with Crippen LogP contribution in [0.15, 0.2) is 66.3 Å². The van der Waals surface area contributed by atoms with Crippen LogP contribution in [0.3, 0.4) is 0 Å². The van der Waals surface area contributed by atoms with Gasteiger partial charge in [0.1, 0.15) is 0 Å². The van der Waals surface area contributed by atoms with Crippen molar-refractivity contribution in [1.29, 1.82) is 0 Å². The minimum Gasteiger partial charge on any atom is -0.351 e. The lowest BCUT2D eigenvalue weighted by molar-refractivity contribution is -0.124. The zero-order chi connectivity index (χ0) is 21.1. The average molecular weight is 420 g/mol. The normalized spacial score (nSPS) is 18.4. The molecule has 3 heterocycles. The molecule has 1 aliphatic heterocycles. The molecule has 1 N–H and O–H groups in total. The van der Waals surface area contributed by atoms with Gasteiger partial charge in [-0.3, -0.25) is 14.6 Å². The van der Waals surface area contributed by atoms with Crippen molar-refractivity contribution in [2.45, 2.75) is 32.4 Å². The molecule has 1 aromatic carbocycles. The molecule has 0 aliphatic carbocycles. The summed E-state index contributed by atoms with van der Waals surface area (Å²) in [5.41, 5.74) is 2.36. The van der Waals surface area contributed by atoms with Gasteiger partial charge in [0.25, 0.3) is 5.91 Å². The second kappa shape index (κ2) is 8.79. The predicted octanol–water partition coefficient (Wildman–Crippen LogP) is 4.40. The second-order valence-corrected chi connectivity index (χ2v) is 8.93. The molecule has 0 bridgehead atoms. The van der Waals surface area contributed by atoms with E-state index in [0.717, 1.165) is 16.0 Å². The largest absolute Gasteiger partial charge is 0.351 e. The van der Waals surface area contributed by atoms with Gasteiger partial charge in [-0.05, 0) is 40.6 Å². The summed E-state index contributed by atoms with van der Waals surface area (Å²) in [6, 6.07) is 15.0. The van der Waals surface area contributed by atoms with Crippen LogP contribution < -0.4 is 5.32 Å². The average Bonchev–Trinajstić information content (AvgIpc) is 3.29. The van der Waals surface area contributed by atoms with E-state index in [2.05, 4.69) is 24.1 Å². The van der Waals surface area contributed by atoms with Crippen LogP contribution in [-0.4, -0.2) is 28.2 Å². The maximum atomic E-state index is 13.5. The third-order valence-electron chi connectivity index (χ3n) is 5.31. The van der Waals surface area contributed by atoms with Crippen molar-refractivity contribution >= 4 is 23.2 Å². The number of carbonyl (C=O) groups excluding carboxylic acids is 2. The van der Waals surface area contributed by atoms with Crippen molar-refractivity contribution in [2.75, 3.05) is 6.54 Å². The first-order valence-corrected chi connectivity index (χ1v) is 11.0. The molecule has 6 heteroatoms. The number of carbonyl (C=O) groups is 2. The molecule has 1 aliphatic rings. The van der Waals surface area contributed by atoms with Crippen molar-refractivity contribution in [3.05, 3.63) is 87.9 Å². The highest BCUT2D eigenvalue weighted by molar-refractivity contribution is 7.10. The summed E-state index contributed by atoms with van der Waals surface area (Å²) in [5.74, 6) is -0.256. The Balaban J connectivity index is 1.74. The standard InChI is InChI=1S/C24H25N3O2S/c1-16(2)15-27-22(20-10-6-12-30-20)21(18-8-3-4-9-19(18)24(27)29)23(28)26-14-17-7-5-11-25-13-17/h3-13,16,21-22H,14-15H2,1-2H3,(H,26,28)/t21-,22-/m1/s1. The van der Waals surface area contributed by atoms with Gasteiger partial charge < -0.3 is 10.2 Å². The maximum Gasteiger partial charge on any atom is 0.254 e. The minimum atomic E-state index is -0.465. The van der Waals surface area contributed by atoms with E-state index < -0.39 is 5.92 Å². The van der Waals surface area contributed by atoms with E-state index in [4.69, 9.17) is 0 Å². The van der Waals surface area contributed by atoms with Crippen LogP contribution in [0.25, 0.3) is 0 Å². The summed E-state index contributed by atoms with van der Waals surface area (Å²) >= 11 is 1.59. The first kappa shape index (κ1) is 20.3. The molecule has 2 aromatic heterocycles. The molecule has 0 spiro atoms. The van der Waals surface area contributed by atoms with Gasteiger partial charge in [-0.25, -0.2) is 0 Å². The van der Waals surface area contributed by atoms with E-state index >= 15 is 0 Å². The predicted molar refractivity (Wildman–Crippen MR) is 118 cm³/mol. The van der Waals surface area contributed by atoms with Gasteiger partial charge in [-0.15, -0.1) is 11.3 Å². The van der Waals surface area contributed by atoms with Gasteiger partial charge in [0.05, 0.1) is 12.0 Å². The molecule has 4 rings (SSSR count). The van der Waals surface area contributed by atoms with E-state index in [0.29, 0.717) is 24.6 Å². The highest BCUT2D eigenvalue weighted by Crippen LogP contribution is 2.44. The number of aromatic nitrogens is 1. The number of fused-ring (bicyclic) bond motifs is 1. The molecule has 2 amide bonds. The van der Waals surface area contributed by atoms with Gasteiger partial charge in [0.15, 0.2) is 0 Å². The fourth-order valence-corrected chi connectivity index (χ4v) is 4.92. The summed E-state index contributed by atoms with van der Waals surface area (Å²) in [6.45, 7) is 5.19. The van der Waals surface area contributed by atoms with Gasteiger partial charge in [-0.2, -0.15) is 0 Å². The monoisotopic (exact) mass is 419 g/mol. The molecular formula is C24H25N3O2S. The maximum absolute atomic E-state index is 13.5. The van der Waals surface area contributed by atoms with Gasteiger partial charge in [-0.1, -0.05) is 44.2 Å². The van der Waals surface area contributed by atoms with Crippen LogP contribution in [0, 0.1) is 5.92 Å². The Bertz CT molecular complexity index is 1020. The zero-order valence-corrected chi connectivity index (χ0v) is 17.9. The summed E-state index contributed by atoms with van der Waals surface area (Å²) in [4.78, 5) is 33.9. The quantitative estimate of drug-likeness (QED) is 0.644. The number of thiophene rings is 1. The number of nitrogens with zero attached hydrogens (tertiary/aromatic N) is 2. The van der Waals surface area contributed by atoms with Crippen molar-refractivity contribution < 1.29 is 9.59 Å². The first-order valence-electron chi connectivity index (χ1n) is 10.2.